The van der Waals surface area contributed by atoms with Gasteiger partial charge >= 0.3 is 0 Å². The minimum absolute atomic E-state index is 0.0295. The van der Waals surface area contributed by atoms with Crippen LogP contribution in [0.1, 0.15) is 30.0 Å². The number of allylic oxidation sites excluding steroid dienone is 1. The van der Waals surface area contributed by atoms with Crippen molar-refractivity contribution in [1.82, 2.24) is 20.1 Å². The van der Waals surface area contributed by atoms with Crippen LogP contribution in [0.5, 0.6) is 0 Å². The zero-order valence-electron chi connectivity index (χ0n) is 16.6. The van der Waals surface area contributed by atoms with Gasteiger partial charge in [-0.1, -0.05) is 42.1 Å². The van der Waals surface area contributed by atoms with E-state index in [-0.39, 0.29) is 23.5 Å². The molecule has 0 saturated carbocycles. The highest BCUT2D eigenvalue weighted by molar-refractivity contribution is 7.99. The van der Waals surface area contributed by atoms with Gasteiger partial charge in [-0.2, -0.15) is 0 Å². The van der Waals surface area contributed by atoms with E-state index in [4.69, 9.17) is 0 Å². The minimum Gasteiger partial charge on any atom is -0.349 e. The number of benzene rings is 2. The number of halogens is 1. The van der Waals surface area contributed by atoms with Crippen molar-refractivity contribution in [3.8, 4) is 11.4 Å². The van der Waals surface area contributed by atoms with E-state index in [1.54, 1.807) is 18.2 Å². The van der Waals surface area contributed by atoms with Crippen LogP contribution < -0.4 is 5.32 Å². The zero-order chi connectivity index (χ0) is 20.9. The van der Waals surface area contributed by atoms with E-state index < -0.39 is 0 Å². The van der Waals surface area contributed by atoms with E-state index in [0.717, 1.165) is 24.8 Å². The standard InChI is InChI=1S/C23H23FN4OS/c1-2-14-28-22(17-10-12-18(24)13-11-17)26-27-23(28)30-15-21(29)25-20-9-5-7-16-6-3-4-8-19(16)20/h2-4,6,8,10-13,20H,1,5,7,9,14-15H2,(H,25,29)/t20-/m1/s1. The molecular formula is C23H23FN4OS. The largest absolute Gasteiger partial charge is 0.349 e. The van der Waals surface area contributed by atoms with Crippen LogP contribution >= 0.6 is 11.8 Å². The van der Waals surface area contributed by atoms with E-state index >= 15 is 0 Å². The van der Waals surface area contributed by atoms with Crippen LogP contribution in [0.3, 0.4) is 0 Å². The summed E-state index contributed by atoms with van der Waals surface area (Å²) in [7, 11) is 0. The maximum absolute atomic E-state index is 13.2. The maximum Gasteiger partial charge on any atom is 0.230 e. The van der Waals surface area contributed by atoms with Crippen molar-refractivity contribution in [3.05, 3.63) is 78.1 Å². The molecule has 2 aromatic carbocycles. The van der Waals surface area contributed by atoms with E-state index in [1.165, 1.54) is 35.0 Å². The van der Waals surface area contributed by atoms with Crippen LogP contribution in [0, 0.1) is 5.82 Å². The van der Waals surface area contributed by atoms with Gasteiger partial charge in [-0.3, -0.25) is 9.36 Å². The zero-order valence-corrected chi connectivity index (χ0v) is 17.4. The predicted molar refractivity (Wildman–Crippen MR) is 117 cm³/mol. The molecule has 0 spiro atoms. The summed E-state index contributed by atoms with van der Waals surface area (Å²) in [5.74, 6) is 0.540. The predicted octanol–water partition coefficient (Wildman–Crippen LogP) is 4.56. The molecule has 0 aliphatic heterocycles. The van der Waals surface area contributed by atoms with E-state index in [1.807, 2.05) is 16.7 Å². The van der Waals surface area contributed by atoms with Gasteiger partial charge in [0.1, 0.15) is 5.82 Å². The van der Waals surface area contributed by atoms with Gasteiger partial charge in [0.15, 0.2) is 11.0 Å². The van der Waals surface area contributed by atoms with Crippen molar-refractivity contribution in [2.24, 2.45) is 0 Å². The smallest absolute Gasteiger partial charge is 0.230 e. The van der Waals surface area contributed by atoms with Gasteiger partial charge in [-0.15, -0.1) is 16.8 Å². The summed E-state index contributed by atoms with van der Waals surface area (Å²) in [6.45, 7) is 4.29. The first-order chi connectivity index (χ1) is 14.7. The fourth-order valence-electron chi connectivity index (χ4n) is 3.77. The van der Waals surface area contributed by atoms with Crippen LogP contribution in [0.15, 0.2) is 66.3 Å². The summed E-state index contributed by atoms with van der Waals surface area (Å²) >= 11 is 1.34. The number of nitrogens with one attached hydrogen (secondary N) is 1. The summed E-state index contributed by atoms with van der Waals surface area (Å²) in [4.78, 5) is 12.6. The number of hydrogen-bond donors (Lipinski definition) is 1. The van der Waals surface area contributed by atoms with Crippen molar-refractivity contribution in [2.45, 2.75) is 37.0 Å². The SMILES string of the molecule is C=CCn1c(SCC(=O)N[C@@H]2CCCc3ccccc32)nnc1-c1ccc(F)cc1. The molecule has 0 unspecified atom stereocenters. The molecular weight excluding hydrogens is 399 g/mol. The molecule has 30 heavy (non-hydrogen) atoms. The Morgan fingerprint density at radius 3 is 2.83 bits per heavy atom. The van der Waals surface area contributed by atoms with Crippen LogP contribution in [-0.4, -0.2) is 26.4 Å². The van der Waals surface area contributed by atoms with Crippen molar-refractivity contribution < 1.29 is 9.18 Å². The highest BCUT2D eigenvalue weighted by Crippen LogP contribution is 2.30. The fraction of sp³-hybridized carbons (Fsp3) is 0.261. The van der Waals surface area contributed by atoms with E-state index in [2.05, 4.69) is 34.2 Å². The van der Waals surface area contributed by atoms with Gasteiger partial charge < -0.3 is 5.32 Å². The second-order valence-electron chi connectivity index (χ2n) is 7.21. The monoisotopic (exact) mass is 422 g/mol. The van der Waals surface area contributed by atoms with Gasteiger partial charge in [0.2, 0.25) is 5.91 Å². The van der Waals surface area contributed by atoms with Crippen LogP contribution in [0.25, 0.3) is 11.4 Å². The summed E-state index contributed by atoms with van der Waals surface area (Å²) in [5.41, 5.74) is 3.30. The number of fused-ring (bicyclic) bond motifs is 1. The molecule has 0 radical (unpaired) electrons. The number of rotatable bonds is 7. The highest BCUT2D eigenvalue weighted by Gasteiger charge is 2.22. The second-order valence-corrected chi connectivity index (χ2v) is 8.15. The second kappa shape index (κ2) is 9.26. The molecule has 1 heterocycles. The number of nitrogens with zero attached hydrogens (tertiary/aromatic N) is 3. The van der Waals surface area contributed by atoms with Crippen molar-refractivity contribution in [2.75, 3.05) is 5.75 Å². The molecule has 0 saturated heterocycles. The Morgan fingerprint density at radius 2 is 2.03 bits per heavy atom. The molecule has 1 N–H and O–H groups in total. The number of thioether (sulfide) groups is 1. The van der Waals surface area contributed by atoms with Crippen molar-refractivity contribution in [3.63, 3.8) is 0 Å². The molecule has 7 heteroatoms. The summed E-state index contributed by atoms with van der Waals surface area (Å²) in [6, 6.07) is 14.5. The van der Waals surface area contributed by atoms with Crippen molar-refractivity contribution >= 4 is 17.7 Å². The molecule has 1 aliphatic carbocycles. The van der Waals surface area contributed by atoms with E-state index in [0.29, 0.717) is 17.5 Å². The Kier molecular flexibility index (Phi) is 6.28. The fourth-order valence-corrected chi connectivity index (χ4v) is 4.53. The summed E-state index contributed by atoms with van der Waals surface area (Å²) < 4.78 is 15.1. The lowest BCUT2D eigenvalue weighted by Gasteiger charge is -2.26. The molecule has 5 nitrogen and oxygen atoms in total. The Balaban J connectivity index is 1.44. The highest BCUT2D eigenvalue weighted by atomic mass is 32.2. The topological polar surface area (TPSA) is 59.8 Å². The summed E-state index contributed by atoms with van der Waals surface area (Å²) in [5, 5.41) is 12.3. The molecule has 1 amide bonds. The maximum atomic E-state index is 13.2. The Labute approximate surface area is 179 Å². The normalized spacial score (nSPS) is 15.4. The van der Waals surface area contributed by atoms with Gasteiger partial charge in [-0.25, -0.2) is 4.39 Å². The van der Waals surface area contributed by atoms with Crippen LogP contribution in [0.4, 0.5) is 4.39 Å². The van der Waals surface area contributed by atoms with Crippen LogP contribution in [-0.2, 0) is 17.8 Å². The lowest BCUT2D eigenvalue weighted by Crippen LogP contribution is -2.32. The third-order valence-electron chi connectivity index (χ3n) is 5.17. The average molecular weight is 423 g/mol. The average Bonchev–Trinajstić information content (AvgIpc) is 3.16. The first-order valence-corrected chi connectivity index (χ1v) is 10.9. The number of amides is 1. The number of aromatic nitrogens is 3. The molecule has 0 bridgehead atoms. The van der Waals surface area contributed by atoms with Gasteiger partial charge in [0.05, 0.1) is 11.8 Å². The molecule has 1 aromatic heterocycles. The molecule has 0 fully saturated rings. The third kappa shape index (κ3) is 4.46. The van der Waals surface area contributed by atoms with E-state index in [9.17, 15) is 9.18 Å². The summed E-state index contributed by atoms with van der Waals surface area (Å²) in [6.07, 6.45) is 4.84. The van der Waals surface area contributed by atoms with Gasteiger partial charge in [-0.05, 0) is 54.7 Å². The van der Waals surface area contributed by atoms with Crippen molar-refractivity contribution in [1.29, 1.82) is 0 Å². The minimum atomic E-state index is -0.302. The third-order valence-corrected chi connectivity index (χ3v) is 6.13. The van der Waals surface area contributed by atoms with Crippen LogP contribution in [0.2, 0.25) is 0 Å². The molecule has 4 rings (SSSR count). The first kappa shape index (κ1) is 20.3. The number of carbonyl (C=O) groups is 1. The Bertz CT molecular complexity index is 1050. The molecule has 154 valence electrons. The first-order valence-electron chi connectivity index (χ1n) is 9.95. The number of aryl methyl sites for hydroxylation is 1. The lowest BCUT2D eigenvalue weighted by molar-refractivity contribution is -0.119. The Morgan fingerprint density at radius 1 is 1.23 bits per heavy atom. The molecule has 3 aromatic rings. The lowest BCUT2D eigenvalue weighted by atomic mass is 9.88. The molecule has 1 atom stereocenters. The van der Waals surface area contributed by atoms with Gasteiger partial charge in [0, 0.05) is 12.1 Å². The van der Waals surface area contributed by atoms with Gasteiger partial charge in [0.25, 0.3) is 0 Å². The molecule has 1 aliphatic rings. The number of carbonyl (C=O) groups excluding carboxylic acids is 1. The quantitative estimate of drug-likeness (QED) is 0.448. The Hall–Kier alpha value is -2.93. The number of hydrogen-bond acceptors (Lipinski definition) is 4.